The molecule has 0 saturated carbocycles. The highest BCUT2D eigenvalue weighted by Gasteiger charge is 2.17. The van der Waals surface area contributed by atoms with Crippen molar-refractivity contribution in [3.05, 3.63) is 45.9 Å². The van der Waals surface area contributed by atoms with Gasteiger partial charge in [-0.05, 0) is 37.8 Å². The highest BCUT2D eigenvalue weighted by molar-refractivity contribution is 7.99. The van der Waals surface area contributed by atoms with E-state index < -0.39 is 0 Å². The van der Waals surface area contributed by atoms with Crippen molar-refractivity contribution in [2.75, 3.05) is 5.75 Å². The van der Waals surface area contributed by atoms with Crippen molar-refractivity contribution < 1.29 is 9.21 Å². The minimum atomic E-state index is -0.334. The monoisotopic (exact) mass is 319 g/mol. The lowest BCUT2D eigenvalue weighted by Crippen LogP contribution is -2.25. The van der Waals surface area contributed by atoms with Crippen molar-refractivity contribution in [1.82, 2.24) is 15.3 Å². The molecule has 6 nitrogen and oxygen atoms in total. The van der Waals surface area contributed by atoms with Gasteiger partial charge in [-0.3, -0.25) is 4.79 Å². The van der Waals surface area contributed by atoms with Crippen LogP contribution in [-0.4, -0.2) is 21.6 Å². The van der Waals surface area contributed by atoms with Gasteiger partial charge in [-0.15, -0.1) is 0 Å². The van der Waals surface area contributed by atoms with Crippen LogP contribution in [0.15, 0.2) is 32.6 Å². The summed E-state index contributed by atoms with van der Waals surface area (Å²) in [6, 6.07) is 3.59. The van der Waals surface area contributed by atoms with Gasteiger partial charge in [0.15, 0.2) is 0 Å². The maximum Gasteiger partial charge on any atom is 0.346 e. The van der Waals surface area contributed by atoms with E-state index in [9.17, 15) is 9.59 Å². The molecule has 1 aliphatic carbocycles. The molecule has 0 saturated heterocycles. The molecule has 2 N–H and O–H groups in total. The van der Waals surface area contributed by atoms with Gasteiger partial charge < -0.3 is 14.7 Å². The number of hydrogen-bond acceptors (Lipinski definition) is 5. The molecule has 3 rings (SSSR count). The van der Waals surface area contributed by atoms with Gasteiger partial charge in [-0.25, -0.2) is 4.79 Å². The molecular weight excluding hydrogens is 302 g/mol. The van der Waals surface area contributed by atoms with Crippen LogP contribution >= 0.6 is 11.8 Å². The number of carbonyl (C=O) groups is 1. The lowest BCUT2D eigenvalue weighted by atomic mass is 9.98. The molecule has 2 heterocycles. The first-order chi connectivity index (χ1) is 10.7. The standard InChI is InChI=1S/C15H17N3O3S/c19-13(16-8-10-4-3-7-21-10)9-22-14-11-5-1-2-6-12(11)17-15(20)18-14/h3-4,7H,1-2,5-6,8-9H2,(H,16,19)(H,17,18,20). The van der Waals surface area contributed by atoms with Gasteiger partial charge in [0.05, 0.1) is 18.6 Å². The minimum Gasteiger partial charge on any atom is -0.467 e. The number of aromatic nitrogens is 2. The number of amides is 1. The largest absolute Gasteiger partial charge is 0.467 e. The molecule has 0 bridgehead atoms. The third-order valence-corrected chi connectivity index (χ3v) is 4.58. The van der Waals surface area contributed by atoms with Gasteiger partial charge in [-0.2, -0.15) is 4.98 Å². The maximum absolute atomic E-state index is 11.9. The minimum absolute atomic E-state index is 0.104. The second-order valence-electron chi connectivity index (χ2n) is 5.16. The fourth-order valence-electron chi connectivity index (χ4n) is 2.50. The Balaban J connectivity index is 1.60. The zero-order valence-electron chi connectivity index (χ0n) is 12.1. The molecular formula is C15H17N3O3S. The first-order valence-electron chi connectivity index (χ1n) is 7.26. The Hall–Kier alpha value is -2.02. The van der Waals surface area contributed by atoms with Crippen LogP contribution in [0.1, 0.15) is 29.9 Å². The summed E-state index contributed by atoms with van der Waals surface area (Å²) in [6.45, 7) is 0.368. The number of thioether (sulfide) groups is 1. The van der Waals surface area contributed by atoms with Crippen LogP contribution in [0, 0.1) is 0 Å². The quantitative estimate of drug-likeness (QED) is 0.646. The summed E-state index contributed by atoms with van der Waals surface area (Å²) in [5.41, 5.74) is 1.73. The number of nitrogens with zero attached hydrogens (tertiary/aromatic N) is 1. The summed E-state index contributed by atoms with van der Waals surface area (Å²) in [7, 11) is 0. The number of carbonyl (C=O) groups excluding carboxylic acids is 1. The number of aromatic amines is 1. The van der Waals surface area contributed by atoms with Crippen LogP contribution in [0.3, 0.4) is 0 Å². The van der Waals surface area contributed by atoms with Crippen LogP contribution in [-0.2, 0) is 24.2 Å². The van der Waals surface area contributed by atoms with Gasteiger partial charge in [0.2, 0.25) is 5.91 Å². The highest BCUT2D eigenvalue weighted by atomic mass is 32.2. The average Bonchev–Trinajstić information content (AvgIpc) is 3.04. The molecule has 0 aromatic carbocycles. The number of nitrogens with one attached hydrogen (secondary N) is 2. The van der Waals surface area contributed by atoms with Crippen molar-refractivity contribution in [3.63, 3.8) is 0 Å². The van der Waals surface area contributed by atoms with Crippen LogP contribution in [0.2, 0.25) is 0 Å². The number of aryl methyl sites for hydroxylation is 1. The second kappa shape index (κ2) is 6.83. The Morgan fingerprint density at radius 2 is 2.27 bits per heavy atom. The number of rotatable bonds is 5. The SMILES string of the molecule is O=C(CSc1nc(=O)[nH]c2c1CCCC2)NCc1ccco1. The van der Waals surface area contributed by atoms with E-state index in [1.54, 1.807) is 12.3 Å². The normalized spacial score (nSPS) is 13.6. The van der Waals surface area contributed by atoms with Crippen molar-refractivity contribution in [3.8, 4) is 0 Å². The van der Waals surface area contributed by atoms with Gasteiger partial charge in [0.1, 0.15) is 10.8 Å². The van der Waals surface area contributed by atoms with E-state index in [1.165, 1.54) is 11.8 Å². The van der Waals surface area contributed by atoms with E-state index in [4.69, 9.17) is 4.42 Å². The molecule has 0 atom stereocenters. The number of H-pyrrole nitrogens is 1. The van der Waals surface area contributed by atoms with Crippen LogP contribution in [0.25, 0.3) is 0 Å². The van der Waals surface area contributed by atoms with Gasteiger partial charge in [-0.1, -0.05) is 11.8 Å². The van der Waals surface area contributed by atoms with Crippen LogP contribution < -0.4 is 11.0 Å². The van der Waals surface area contributed by atoms with Gasteiger partial charge in [0, 0.05) is 11.3 Å². The van der Waals surface area contributed by atoms with Crippen molar-refractivity contribution in [1.29, 1.82) is 0 Å². The van der Waals surface area contributed by atoms with Crippen molar-refractivity contribution >= 4 is 17.7 Å². The number of fused-ring (bicyclic) bond motifs is 1. The molecule has 7 heteroatoms. The number of hydrogen-bond donors (Lipinski definition) is 2. The number of furan rings is 1. The fourth-order valence-corrected chi connectivity index (χ4v) is 3.42. The van der Waals surface area contributed by atoms with Gasteiger partial charge in [0.25, 0.3) is 0 Å². The first-order valence-corrected chi connectivity index (χ1v) is 8.25. The molecule has 0 fully saturated rings. The smallest absolute Gasteiger partial charge is 0.346 e. The fraction of sp³-hybridized carbons (Fsp3) is 0.400. The Kier molecular flexibility index (Phi) is 4.62. The Morgan fingerprint density at radius 1 is 1.41 bits per heavy atom. The molecule has 2 aromatic heterocycles. The molecule has 0 radical (unpaired) electrons. The zero-order chi connectivity index (χ0) is 15.4. The Labute approximate surface area is 131 Å². The van der Waals surface area contributed by atoms with E-state index in [-0.39, 0.29) is 17.3 Å². The van der Waals surface area contributed by atoms with E-state index in [0.29, 0.717) is 17.3 Å². The molecule has 2 aromatic rings. The Morgan fingerprint density at radius 3 is 3.09 bits per heavy atom. The summed E-state index contributed by atoms with van der Waals surface area (Å²) in [4.78, 5) is 30.3. The summed E-state index contributed by atoms with van der Waals surface area (Å²) < 4.78 is 5.16. The molecule has 0 unspecified atom stereocenters. The third-order valence-electron chi connectivity index (χ3n) is 3.57. The van der Waals surface area contributed by atoms with E-state index in [0.717, 1.165) is 36.9 Å². The molecule has 116 valence electrons. The average molecular weight is 319 g/mol. The lowest BCUT2D eigenvalue weighted by Gasteiger charge is -2.17. The lowest BCUT2D eigenvalue weighted by molar-refractivity contribution is -0.118. The third kappa shape index (κ3) is 3.59. The van der Waals surface area contributed by atoms with Gasteiger partial charge >= 0.3 is 5.69 Å². The summed E-state index contributed by atoms with van der Waals surface area (Å²) in [5.74, 6) is 0.849. The Bertz CT molecular complexity index is 709. The highest BCUT2D eigenvalue weighted by Crippen LogP contribution is 2.26. The zero-order valence-corrected chi connectivity index (χ0v) is 12.9. The van der Waals surface area contributed by atoms with Crippen molar-refractivity contribution in [2.45, 2.75) is 37.3 Å². The molecule has 0 spiro atoms. The first kappa shape index (κ1) is 14.9. The summed E-state index contributed by atoms with van der Waals surface area (Å²) >= 11 is 1.32. The molecule has 0 aliphatic heterocycles. The topological polar surface area (TPSA) is 88.0 Å². The molecule has 1 amide bonds. The summed E-state index contributed by atoms with van der Waals surface area (Å²) in [5, 5.41) is 3.47. The maximum atomic E-state index is 11.9. The predicted octanol–water partition coefficient (Wildman–Crippen LogP) is 1.65. The van der Waals surface area contributed by atoms with E-state index in [2.05, 4.69) is 15.3 Å². The summed E-state index contributed by atoms with van der Waals surface area (Å²) in [6.07, 6.45) is 5.54. The molecule has 1 aliphatic rings. The van der Waals surface area contributed by atoms with E-state index in [1.807, 2.05) is 6.07 Å². The van der Waals surface area contributed by atoms with E-state index >= 15 is 0 Å². The van der Waals surface area contributed by atoms with Crippen LogP contribution in [0.4, 0.5) is 0 Å². The van der Waals surface area contributed by atoms with Crippen LogP contribution in [0.5, 0.6) is 0 Å². The predicted molar refractivity (Wildman–Crippen MR) is 82.8 cm³/mol. The molecule has 22 heavy (non-hydrogen) atoms. The van der Waals surface area contributed by atoms with Crippen molar-refractivity contribution in [2.24, 2.45) is 0 Å². The second-order valence-corrected chi connectivity index (χ2v) is 6.12.